The molecule has 2 aromatic carbocycles. The van der Waals surface area contributed by atoms with Gasteiger partial charge in [0.1, 0.15) is 18.2 Å². The number of ketones is 1. The van der Waals surface area contributed by atoms with Crippen molar-refractivity contribution >= 4 is 11.7 Å². The molecule has 188 valence electrons. The van der Waals surface area contributed by atoms with E-state index in [1.807, 2.05) is 30.3 Å². The minimum Gasteiger partial charge on any atom is -0.493 e. The van der Waals surface area contributed by atoms with Gasteiger partial charge in [0, 0.05) is 11.5 Å². The van der Waals surface area contributed by atoms with Gasteiger partial charge in [0.15, 0.2) is 5.78 Å². The Balaban J connectivity index is 1.16. The van der Waals surface area contributed by atoms with Crippen LogP contribution in [0.1, 0.15) is 55.3 Å². The van der Waals surface area contributed by atoms with Crippen LogP contribution in [0.3, 0.4) is 0 Å². The van der Waals surface area contributed by atoms with E-state index < -0.39 is 0 Å². The molecule has 1 aliphatic carbocycles. The van der Waals surface area contributed by atoms with Crippen molar-refractivity contribution in [2.24, 2.45) is 29.4 Å². The number of hydrogen-bond donors (Lipinski definition) is 1. The van der Waals surface area contributed by atoms with Crippen LogP contribution in [0.5, 0.6) is 5.75 Å². The highest BCUT2D eigenvalue weighted by Crippen LogP contribution is 2.36. The zero-order valence-corrected chi connectivity index (χ0v) is 20.4. The summed E-state index contributed by atoms with van der Waals surface area (Å²) in [7, 11) is 0. The largest absolute Gasteiger partial charge is 0.493 e. The van der Waals surface area contributed by atoms with E-state index in [0.29, 0.717) is 24.0 Å². The number of rotatable bonds is 10. The highest BCUT2D eigenvalue weighted by Gasteiger charge is 2.32. The molecule has 2 aromatic rings. The molecule has 2 N–H and O–H groups in total. The zero-order chi connectivity index (χ0) is 24.6. The summed E-state index contributed by atoms with van der Waals surface area (Å²) in [5.41, 5.74) is 6.35. The van der Waals surface area contributed by atoms with Crippen molar-refractivity contribution in [1.82, 2.24) is 4.90 Å². The molecule has 0 spiro atoms. The number of ether oxygens (including phenoxy) is 1. The third kappa shape index (κ3) is 7.14. The molecule has 2 aliphatic rings. The predicted molar refractivity (Wildman–Crippen MR) is 135 cm³/mol. The highest BCUT2D eigenvalue weighted by atomic mass is 19.1. The number of piperidine rings is 1. The highest BCUT2D eigenvalue weighted by molar-refractivity contribution is 5.97. The maximum atomic E-state index is 13.1. The van der Waals surface area contributed by atoms with Crippen LogP contribution in [-0.2, 0) is 4.79 Å². The number of halogens is 1. The fourth-order valence-corrected chi connectivity index (χ4v) is 5.67. The van der Waals surface area contributed by atoms with Crippen LogP contribution in [0.2, 0.25) is 0 Å². The lowest BCUT2D eigenvalue weighted by Gasteiger charge is -2.35. The standard InChI is InChI=1S/C29H37FN2O3/c30-25-12-10-23(11-13-25)28(33)24-15-18-32(19-16-24)17-14-21-6-8-22(9-7-21)27(29(31)34)20-35-26-4-2-1-3-5-26/h1-5,10-13,21-22,24,27H,6-9,14-20H2,(H2,31,34). The summed E-state index contributed by atoms with van der Waals surface area (Å²) in [6, 6.07) is 15.5. The first-order chi connectivity index (χ1) is 17.0. The Morgan fingerprint density at radius 1 is 0.943 bits per heavy atom. The number of Topliss-reactive ketones (excluding diaryl/α,β-unsaturated/α-hetero) is 1. The number of benzene rings is 2. The average Bonchev–Trinajstić information content (AvgIpc) is 2.89. The Labute approximate surface area is 207 Å². The van der Waals surface area contributed by atoms with E-state index in [2.05, 4.69) is 4.90 Å². The second-order valence-corrected chi connectivity index (χ2v) is 10.2. The SMILES string of the molecule is NC(=O)C(COc1ccccc1)C1CCC(CCN2CCC(C(=O)c3ccc(F)cc3)CC2)CC1. The summed E-state index contributed by atoms with van der Waals surface area (Å²) in [5.74, 6) is 1.11. The number of para-hydroxylation sites is 1. The summed E-state index contributed by atoms with van der Waals surface area (Å²) in [4.78, 5) is 27.3. The molecular formula is C29H37FN2O3. The minimum atomic E-state index is -0.309. The van der Waals surface area contributed by atoms with Crippen molar-refractivity contribution in [3.63, 3.8) is 0 Å². The zero-order valence-electron chi connectivity index (χ0n) is 20.4. The normalized spacial score (nSPS) is 22.4. The maximum absolute atomic E-state index is 13.1. The first-order valence-corrected chi connectivity index (χ1v) is 13.0. The van der Waals surface area contributed by atoms with Crippen LogP contribution >= 0.6 is 0 Å². The van der Waals surface area contributed by atoms with Crippen LogP contribution in [0.4, 0.5) is 4.39 Å². The monoisotopic (exact) mass is 480 g/mol. The van der Waals surface area contributed by atoms with Gasteiger partial charge in [-0.1, -0.05) is 31.0 Å². The fraction of sp³-hybridized carbons (Fsp3) is 0.517. The van der Waals surface area contributed by atoms with Gasteiger partial charge in [0.2, 0.25) is 5.91 Å². The molecule has 0 aromatic heterocycles. The lowest BCUT2D eigenvalue weighted by atomic mass is 9.74. The number of hydrogen-bond acceptors (Lipinski definition) is 4. The number of carbonyl (C=O) groups is 2. The molecule has 1 amide bonds. The Morgan fingerprint density at radius 3 is 2.23 bits per heavy atom. The van der Waals surface area contributed by atoms with Crippen molar-refractivity contribution in [3.8, 4) is 5.75 Å². The minimum absolute atomic E-state index is 0.0380. The molecule has 2 fully saturated rings. The van der Waals surface area contributed by atoms with Crippen LogP contribution < -0.4 is 10.5 Å². The maximum Gasteiger partial charge on any atom is 0.224 e. The average molecular weight is 481 g/mol. The van der Waals surface area contributed by atoms with E-state index in [0.717, 1.165) is 70.3 Å². The van der Waals surface area contributed by atoms with E-state index in [1.165, 1.54) is 12.1 Å². The Morgan fingerprint density at radius 2 is 1.60 bits per heavy atom. The molecule has 4 rings (SSSR count). The van der Waals surface area contributed by atoms with Crippen molar-refractivity contribution in [1.29, 1.82) is 0 Å². The fourth-order valence-electron chi connectivity index (χ4n) is 5.67. The summed E-state index contributed by atoms with van der Waals surface area (Å²) in [6.07, 6.45) is 7.17. The Hall–Kier alpha value is -2.73. The Bertz CT molecular complexity index is 950. The third-order valence-corrected chi connectivity index (χ3v) is 7.94. The van der Waals surface area contributed by atoms with Gasteiger partial charge in [0.05, 0.1) is 5.92 Å². The van der Waals surface area contributed by atoms with Gasteiger partial charge in [-0.25, -0.2) is 4.39 Å². The van der Waals surface area contributed by atoms with Crippen molar-refractivity contribution in [3.05, 3.63) is 66.0 Å². The van der Waals surface area contributed by atoms with Crippen molar-refractivity contribution in [2.45, 2.75) is 44.9 Å². The number of amides is 1. The Kier molecular flexibility index (Phi) is 8.91. The van der Waals surface area contributed by atoms with E-state index in [9.17, 15) is 14.0 Å². The van der Waals surface area contributed by atoms with E-state index in [-0.39, 0.29) is 29.3 Å². The van der Waals surface area contributed by atoms with Crippen LogP contribution in [-0.4, -0.2) is 42.8 Å². The van der Waals surface area contributed by atoms with Gasteiger partial charge in [-0.05, 0) is 100.0 Å². The molecule has 1 aliphatic heterocycles. The molecule has 1 atom stereocenters. The molecule has 1 heterocycles. The number of primary amides is 1. The van der Waals surface area contributed by atoms with Crippen LogP contribution in [0.25, 0.3) is 0 Å². The quantitative estimate of drug-likeness (QED) is 0.481. The summed E-state index contributed by atoms with van der Waals surface area (Å²) in [5, 5.41) is 0. The molecule has 0 radical (unpaired) electrons. The third-order valence-electron chi connectivity index (χ3n) is 7.94. The van der Waals surface area contributed by atoms with Gasteiger partial charge in [-0.2, -0.15) is 0 Å². The van der Waals surface area contributed by atoms with Crippen LogP contribution in [0.15, 0.2) is 54.6 Å². The molecule has 6 heteroatoms. The van der Waals surface area contributed by atoms with E-state index in [4.69, 9.17) is 10.5 Å². The van der Waals surface area contributed by atoms with Crippen molar-refractivity contribution < 1.29 is 18.7 Å². The van der Waals surface area contributed by atoms with Gasteiger partial charge in [-0.3, -0.25) is 9.59 Å². The lowest BCUT2D eigenvalue weighted by Crippen LogP contribution is -2.38. The molecular weight excluding hydrogens is 443 g/mol. The molecule has 1 saturated heterocycles. The summed E-state index contributed by atoms with van der Waals surface area (Å²) >= 11 is 0. The molecule has 1 unspecified atom stereocenters. The van der Waals surface area contributed by atoms with Gasteiger partial charge >= 0.3 is 0 Å². The first-order valence-electron chi connectivity index (χ1n) is 13.0. The number of carbonyl (C=O) groups excluding carboxylic acids is 2. The van der Waals surface area contributed by atoms with Gasteiger partial charge in [0.25, 0.3) is 0 Å². The number of likely N-dealkylation sites (tertiary alicyclic amines) is 1. The van der Waals surface area contributed by atoms with Crippen molar-refractivity contribution in [2.75, 3.05) is 26.2 Å². The first kappa shape index (κ1) is 25.4. The van der Waals surface area contributed by atoms with Gasteiger partial charge < -0.3 is 15.4 Å². The predicted octanol–water partition coefficient (Wildman–Crippen LogP) is 5.10. The molecule has 5 nitrogen and oxygen atoms in total. The topological polar surface area (TPSA) is 72.6 Å². The molecule has 0 bridgehead atoms. The van der Waals surface area contributed by atoms with Crippen LogP contribution in [0, 0.1) is 29.5 Å². The second kappa shape index (κ2) is 12.3. The number of nitrogens with two attached hydrogens (primary N) is 1. The van der Waals surface area contributed by atoms with E-state index >= 15 is 0 Å². The summed E-state index contributed by atoms with van der Waals surface area (Å²) in [6.45, 7) is 3.28. The van der Waals surface area contributed by atoms with Gasteiger partial charge in [-0.15, -0.1) is 0 Å². The smallest absolute Gasteiger partial charge is 0.224 e. The molecule has 35 heavy (non-hydrogen) atoms. The number of nitrogens with zero attached hydrogens (tertiary/aromatic N) is 1. The molecule has 1 saturated carbocycles. The lowest BCUT2D eigenvalue weighted by molar-refractivity contribution is -0.125. The van der Waals surface area contributed by atoms with E-state index in [1.54, 1.807) is 12.1 Å². The summed E-state index contributed by atoms with van der Waals surface area (Å²) < 4.78 is 19.0. The second-order valence-electron chi connectivity index (χ2n) is 10.2.